The summed E-state index contributed by atoms with van der Waals surface area (Å²) >= 11 is 0. The summed E-state index contributed by atoms with van der Waals surface area (Å²) in [6.07, 6.45) is 0.828. The molecule has 10 heteroatoms. The Kier molecular flexibility index (Phi) is 7.35. The van der Waals surface area contributed by atoms with E-state index in [4.69, 9.17) is 9.47 Å². The van der Waals surface area contributed by atoms with Crippen LogP contribution in [0.5, 0.6) is 5.75 Å². The largest absolute Gasteiger partial charge is 0.497 e. The predicted octanol–water partition coefficient (Wildman–Crippen LogP) is 3.84. The van der Waals surface area contributed by atoms with Crippen molar-refractivity contribution in [3.8, 4) is 5.75 Å². The summed E-state index contributed by atoms with van der Waals surface area (Å²) in [5, 5.41) is 12.3. The zero-order chi connectivity index (χ0) is 25.8. The maximum Gasteiger partial charge on any atom is 0.410 e. The van der Waals surface area contributed by atoms with Crippen LogP contribution >= 0.6 is 0 Å². The topological polar surface area (TPSA) is 108 Å². The molecule has 0 saturated carbocycles. The minimum atomic E-state index is -1.45. The fraction of sp³-hybridized carbons (Fsp3) is 0.280. The summed E-state index contributed by atoms with van der Waals surface area (Å²) in [5.41, 5.74) is -0.621. The van der Waals surface area contributed by atoms with Crippen molar-refractivity contribution in [1.29, 1.82) is 0 Å². The summed E-state index contributed by atoms with van der Waals surface area (Å²) in [5.74, 6) is -1.27. The van der Waals surface area contributed by atoms with Gasteiger partial charge in [-0.25, -0.2) is 19.0 Å². The van der Waals surface area contributed by atoms with Gasteiger partial charge < -0.3 is 24.3 Å². The second kappa shape index (κ2) is 10.1. The smallest absolute Gasteiger partial charge is 0.410 e. The summed E-state index contributed by atoms with van der Waals surface area (Å²) in [7, 11) is 1.55. The van der Waals surface area contributed by atoms with Crippen molar-refractivity contribution in [3.05, 3.63) is 72.3 Å². The molecule has 1 aliphatic heterocycles. The van der Waals surface area contributed by atoms with Crippen molar-refractivity contribution >= 4 is 29.7 Å². The number of esters is 1. The average Bonchev–Trinajstić information content (AvgIpc) is 3.22. The van der Waals surface area contributed by atoms with Crippen LogP contribution in [0.25, 0.3) is 0 Å². The maximum atomic E-state index is 13.8. The predicted molar refractivity (Wildman–Crippen MR) is 125 cm³/mol. The minimum Gasteiger partial charge on any atom is -0.497 e. The van der Waals surface area contributed by atoms with Crippen LogP contribution in [-0.2, 0) is 4.74 Å². The van der Waals surface area contributed by atoms with Gasteiger partial charge in [0.25, 0.3) is 6.09 Å². The number of carbonyl (C=O) groups is 3. The first-order valence-electron chi connectivity index (χ1n) is 10.8. The Hall–Kier alpha value is -4.05. The molecule has 2 aromatic carbocycles. The van der Waals surface area contributed by atoms with E-state index in [0.29, 0.717) is 0 Å². The fourth-order valence-electron chi connectivity index (χ4n) is 3.38. The number of benzene rings is 2. The Balaban J connectivity index is 1.75. The Morgan fingerprint density at radius 1 is 1.09 bits per heavy atom. The molecule has 184 valence electrons. The number of carboxylic acid groups (broad SMARTS) is 1. The molecule has 0 fully saturated rings. The van der Waals surface area contributed by atoms with E-state index in [9.17, 15) is 23.9 Å². The highest BCUT2D eigenvalue weighted by Crippen LogP contribution is 2.31. The Morgan fingerprint density at radius 3 is 2.34 bits per heavy atom. The van der Waals surface area contributed by atoms with E-state index < -0.39 is 34.1 Å². The summed E-state index contributed by atoms with van der Waals surface area (Å²) in [6, 6.07) is 11.1. The number of ether oxygens (including phenoxy) is 2. The number of carbonyl (C=O) groups excluding carboxylic acids is 3. The molecule has 9 nitrogen and oxygen atoms in total. The van der Waals surface area contributed by atoms with Crippen LogP contribution in [0.1, 0.15) is 37.6 Å². The van der Waals surface area contributed by atoms with Gasteiger partial charge in [0.1, 0.15) is 29.1 Å². The average molecular weight is 483 g/mol. The van der Waals surface area contributed by atoms with E-state index in [0.717, 1.165) is 6.07 Å². The number of nitrogens with zero attached hydrogens (tertiary/aromatic N) is 3. The normalized spacial score (nSPS) is 17.0. The molecule has 0 radical (unpaired) electrons. The number of amidine groups is 1. The van der Waals surface area contributed by atoms with Gasteiger partial charge in [-0.15, -0.1) is 0 Å². The Labute approximate surface area is 202 Å². The molecule has 35 heavy (non-hydrogen) atoms. The number of quaternary nitrogens is 1. The van der Waals surface area contributed by atoms with E-state index in [-0.39, 0.29) is 35.8 Å². The lowest BCUT2D eigenvalue weighted by Crippen LogP contribution is -2.59. The van der Waals surface area contributed by atoms with Crippen LogP contribution in [0.2, 0.25) is 0 Å². The van der Waals surface area contributed by atoms with Crippen molar-refractivity contribution in [2.75, 3.05) is 13.6 Å². The Bertz CT molecular complexity index is 1190. The van der Waals surface area contributed by atoms with Gasteiger partial charge in [0.15, 0.2) is 0 Å². The van der Waals surface area contributed by atoms with Crippen molar-refractivity contribution < 1.29 is 33.4 Å². The van der Waals surface area contributed by atoms with Crippen LogP contribution in [0.15, 0.2) is 65.9 Å². The first-order chi connectivity index (χ1) is 16.4. The highest BCUT2D eigenvalue weighted by Gasteiger charge is 2.41. The van der Waals surface area contributed by atoms with Gasteiger partial charge in [-0.3, -0.25) is 0 Å². The van der Waals surface area contributed by atoms with E-state index >= 15 is 0 Å². The number of rotatable bonds is 6. The van der Waals surface area contributed by atoms with Crippen molar-refractivity contribution in [3.63, 3.8) is 0 Å². The molecule has 2 aromatic rings. The molecule has 0 saturated heterocycles. The lowest BCUT2D eigenvalue weighted by atomic mass is 10.2. The van der Waals surface area contributed by atoms with Crippen LogP contribution < -0.4 is 14.3 Å². The molecular weight excluding hydrogens is 457 g/mol. The zero-order valence-electron chi connectivity index (χ0n) is 19.9. The Morgan fingerprint density at radius 2 is 1.74 bits per heavy atom. The highest BCUT2D eigenvalue weighted by molar-refractivity contribution is 6.10. The molecule has 3 rings (SSSR count). The van der Waals surface area contributed by atoms with Gasteiger partial charge in [0.2, 0.25) is 5.84 Å². The van der Waals surface area contributed by atoms with Gasteiger partial charge in [0, 0.05) is 25.7 Å². The molecule has 0 bridgehead atoms. The molecule has 0 spiro atoms. The van der Waals surface area contributed by atoms with Crippen molar-refractivity contribution in [2.24, 2.45) is 4.99 Å². The molecule has 0 N–H and O–H groups in total. The zero-order valence-corrected chi connectivity index (χ0v) is 19.9. The summed E-state index contributed by atoms with van der Waals surface area (Å²) in [6.45, 7) is 5.40. The standard InChI is InChI=1S/C25H26FN3O6/c1-25(2,3)35-23(31)28(4)15-13-21-27-14-16-29(21,24(32)33)17-9-11-18(12-10-17)34-22(30)19-7-5-6-8-20(19)26/h5-12,14,16H,13,15H2,1-4H3. The number of aliphatic imine (C=N–C) groups is 1. The van der Waals surface area contributed by atoms with E-state index in [1.54, 1.807) is 27.8 Å². The van der Waals surface area contributed by atoms with Crippen LogP contribution in [0.4, 0.5) is 19.7 Å². The van der Waals surface area contributed by atoms with Gasteiger partial charge in [-0.05, 0) is 45.0 Å². The number of hydrogen-bond acceptors (Lipinski definition) is 7. The molecule has 0 aromatic heterocycles. The van der Waals surface area contributed by atoms with Gasteiger partial charge in [-0.2, -0.15) is 4.48 Å². The van der Waals surface area contributed by atoms with Crippen molar-refractivity contribution in [2.45, 2.75) is 32.8 Å². The number of halogens is 1. The summed E-state index contributed by atoms with van der Waals surface area (Å²) in [4.78, 5) is 42.3. The van der Waals surface area contributed by atoms with Crippen molar-refractivity contribution in [1.82, 2.24) is 9.38 Å². The molecule has 1 heterocycles. The molecule has 1 unspecified atom stereocenters. The van der Waals surface area contributed by atoms with E-state index in [1.165, 1.54) is 59.8 Å². The van der Waals surface area contributed by atoms with E-state index in [1.807, 2.05) is 0 Å². The molecule has 1 aliphatic rings. The second-order valence-electron chi connectivity index (χ2n) is 8.85. The van der Waals surface area contributed by atoms with Crippen LogP contribution in [-0.4, -0.2) is 48.1 Å². The third-order valence-electron chi connectivity index (χ3n) is 5.13. The molecule has 0 aliphatic carbocycles. The van der Waals surface area contributed by atoms with Gasteiger partial charge >= 0.3 is 12.1 Å². The first-order valence-corrected chi connectivity index (χ1v) is 10.8. The SMILES string of the molecule is CN(CCC1=NC=C[N+]1(C(=O)[O-])c1ccc(OC(=O)c2ccccc2F)cc1)C(=O)OC(C)(C)C. The first kappa shape index (κ1) is 25.6. The van der Waals surface area contributed by atoms with E-state index in [2.05, 4.69) is 4.99 Å². The third-order valence-corrected chi connectivity index (χ3v) is 5.13. The van der Waals surface area contributed by atoms with Gasteiger partial charge in [0.05, 0.1) is 18.2 Å². The van der Waals surface area contributed by atoms with Crippen LogP contribution in [0, 0.1) is 5.82 Å². The fourth-order valence-corrected chi connectivity index (χ4v) is 3.38. The maximum absolute atomic E-state index is 13.8. The summed E-state index contributed by atoms with van der Waals surface area (Å²) < 4.78 is 23.5. The lowest BCUT2D eigenvalue weighted by Gasteiger charge is -2.32. The molecule has 2 amide bonds. The second-order valence-corrected chi connectivity index (χ2v) is 8.85. The monoisotopic (exact) mass is 483 g/mol. The quantitative estimate of drug-likeness (QED) is 0.351. The number of hydrogen-bond donors (Lipinski definition) is 0. The third kappa shape index (κ3) is 5.72. The molecule has 1 atom stereocenters. The minimum absolute atomic E-state index is 0.102. The van der Waals surface area contributed by atoms with Crippen LogP contribution in [0.3, 0.4) is 0 Å². The number of amides is 2. The van der Waals surface area contributed by atoms with Gasteiger partial charge in [-0.1, -0.05) is 12.1 Å². The lowest BCUT2D eigenvalue weighted by molar-refractivity contribution is -0.257. The highest BCUT2D eigenvalue weighted by atomic mass is 19.1. The molecular formula is C25H26FN3O6.